The molecule has 1 aromatic heterocycles. The third-order valence-corrected chi connectivity index (χ3v) is 4.28. The summed E-state index contributed by atoms with van der Waals surface area (Å²) in [7, 11) is 4.19. The molecule has 25 heavy (non-hydrogen) atoms. The predicted octanol–water partition coefficient (Wildman–Crippen LogP) is -0.846. The van der Waals surface area contributed by atoms with Crippen LogP contribution in [0.1, 0.15) is 33.1 Å². The monoisotopic (exact) mass is 371 g/mol. The van der Waals surface area contributed by atoms with Crippen LogP contribution in [0.2, 0.25) is 0 Å². The molecule has 8 nitrogen and oxygen atoms in total. The van der Waals surface area contributed by atoms with Crippen molar-refractivity contribution in [2.75, 3.05) is 44.4 Å². The molecular weight excluding hydrogens is 340 g/mol. The van der Waals surface area contributed by atoms with E-state index in [2.05, 4.69) is 24.4 Å². The lowest BCUT2D eigenvalue weighted by atomic mass is 10.3. The fraction of sp³-hybridized carbons (Fsp3) is 0.688. The van der Waals surface area contributed by atoms with E-state index in [9.17, 15) is 9.59 Å². The Hall–Kier alpha value is -1.87. The van der Waals surface area contributed by atoms with Crippen LogP contribution in [-0.2, 0) is 6.54 Å². The van der Waals surface area contributed by atoms with Gasteiger partial charge in [0.15, 0.2) is 10.8 Å². The summed E-state index contributed by atoms with van der Waals surface area (Å²) in [4.78, 5) is 29.7. The first-order valence-electron chi connectivity index (χ1n) is 8.80. The first-order chi connectivity index (χ1) is 11.8. The molecule has 1 rings (SSSR count). The summed E-state index contributed by atoms with van der Waals surface area (Å²) in [5.74, 6) is 0.158. The number of anilines is 2. The minimum atomic E-state index is -0.515. The van der Waals surface area contributed by atoms with Gasteiger partial charge in [-0.2, -0.15) is 0 Å². The summed E-state index contributed by atoms with van der Waals surface area (Å²) in [6, 6.07) is 0. The van der Waals surface area contributed by atoms with Crippen LogP contribution in [0.4, 0.5) is 11.5 Å². The molecule has 0 fully saturated rings. The summed E-state index contributed by atoms with van der Waals surface area (Å²) < 4.78 is 1.40. The molecule has 0 aliphatic heterocycles. The number of nitrogen functional groups attached to an aromatic ring is 1. The van der Waals surface area contributed by atoms with Crippen LogP contribution in [0.5, 0.6) is 0 Å². The number of quaternary nitrogens is 1. The molecule has 1 aromatic rings. The normalized spacial score (nSPS) is 10.9. The van der Waals surface area contributed by atoms with Crippen molar-refractivity contribution in [2.45, 2.75) is 39.7 Å². The molecule has 0 saturated carbocycles. The molecule has 0 aliphatic rings. The van der Waals surface area contributed by atoms with Crippen molar-refractivity contribution in [2.24, 2.45) is 0 Å². The zero-order chi connectivity index (χ0) is 19.0. The maximum Gasteiger partial charge on any atom is 0.330 e. The first kappa shape index (κ1) is 21.2. The van der Waals surface area contributed by atoms with Gasteiger partial charge in [0.25, 0.3) is 5.56 Å². The van der Waals surface area contributed by atoms with Crippen molar-refractivity contribution in [3.63, 3.8) is 0 Å². The summed E-state index contributed by atoms with van der Waals surface area (Å²) >= 11 is 5.43. The molecule has 9 heteroatoms. The molecule has 0 aromatic carbocycles. The predicted molar refractivity (Wildman–Crippen MR) is 107 cm³/mol. The first-order valence-corrected chi connectivity index (χ1v) is 9.21. The molecule has 0 aliphatic carbocycles. The van der Waals surface area contributed by atoms with Crippen molar-refractivity contribution < 1.29 is 4.90 Å². The van der Waals surface area contributed by atoms with E-state index in [0.717, 1.165) is 25.8 Å². The van der Waals surface area contributed by atoms with Crippen molar-refractivity contribution in [1.29, 1.82) is 0 Å². The summed E-state index contributed by atoms with van der Waals surface area (Å²) in [6.45, 7) is 6.59. The zero-order valence-electron chi connectivity index (χ0n) is 15.6. The SMILES string of the molecule is CCCCn1c(N)c(N(CC)C(=S)NCCC[NH+](C)C)c(=O)[nH]c1=O. The van der Waals surface area contributed by atoms with Gasteiger partial charge >= 0.3 is 5.69 Å². The van der Waals surface area contributed by atoms with Gasteiger partial charge in [0.1, 0.15) is 5.82 Å². The number of H-pyrrole nitrogens is 1. The van der Waals surface area contributed by atoms with Crippen molar-refractivity contribution in [3.8, 4) is 0 Å². The van der Waals surface area contributed by atoms with Gasteiger partial charge < -0.3 is 20.9 Å². The van der Waals surface area contributed by atoms with Crippen LogP contribution >= 0.6 is 12.2 Å². The number of aromatic nitrogens is 2. The van der Waals surface area contributed by atoms with Crippen LogP contribution in [0.15, 0.2) is 9.59 Å². The third kappa shape index (κ3) is 5.86. The number of nitrogens with two attached hydrogens (primary N) is 1. The van der Waals surface area contributed by atoms with Crippen LogP contribution in [0, 0.1) is 0 Å². The molecule has 0 radical (unpaired) electrons. The highest BCUT2D eigenvalue weighted by molar-refractivity contribution is 7.80. The maximum atomic E-state index is 12.3. The van der Waals surface area contributed by atoms with Gasteiger partial charge in [-0.25, -0.2) is 4.79 Å². The topological polar surface area (TPSA) is 101 Å². The Morgan fingerprint density at radius 2 is 2.00 bits per heavy atom. The molecule has 0 bridgehead atoms. The van der Waals surface area contributed by atoms with E-state index in [1.54, 1.807) is 4.90 Å². The van der Waals surface area contributed by atoms with E-state index in [0.29, 0.717) is 24.7 Å². The van der Waals surface area contributed by atoms with Gasteiger partial charge in [0.2, 0.25) is 0 Å². The summed E-state index contributed by atoms with van der Waals surface area (Å²) in [5.41, 5.74) is 5.38. The average molecular weight is 372 g/mol. The minimum Gasteiger partial charge on any atom is -0.383 e. The highest BCUT2D eigenvalue weighted by atomic mass is 32.1. The molecule has 1 heterocycles. The zero-order valence-corrected chi connectivity index (χ0v) is 16.5. The molecule has 0 spiro atoms. The lowest BCUT2D eigenvalue weighted by Gasteiger charge is -2.25. The lowest BCUT2D eigenvalue weighted by molar-refractivity contribution is -0.858. The second-order valence-corrected chi connectivity index (χ2v) is 6.67. The summed E-state index contributed by atoms with van der Waals surface area (Å²) in [5, 5.41) is 3.61. The van der Waals surface area contributed by atoms with Crippen LogP contribution < -0.4 is 32.1 Å². The van der Waals surface area contributed by atoms with Gasteiger partial charge in [-0.05, 0) is 25.6 Å². The van der Waals surface area contributed by atoms with E-state index in [-0.39, 0.29) is 11.5 Å². The maximum absolute atomic E-state index is 12.3. The second-order valence-electron chi connectivity index (χ2n) is 6.29. The fourth-order valence-corrected chi connectivity index (χ4v) is 2.83. The quantitative estimate of drug-likeness (QED) is 0.333. The smallest absolute Gasteiger partial charge is 0.330 e. The average Bonchev–Trinajstić information content (AvgIpc) is 2.54. The molecule has 0 saturated heterocycles. The Morgan fingerprint density at radius 3 is 2.56 bits per heavy atom. The molecule has 0 amide bonds. The second kappa shape index (κ2) is 10.2. The van der Waals surface area contributed by atoms with E-state index in [4.69, 9.17) is 18.0 Å². The van der Waals surface area contributed by atoms with Gasteiger partial charge in [0, 0.05) is 26.1 Å². The van der Waals surface area contributed by atoms with Gasteiger partial charge in [-0.1, -0.05) is 13.3 Å². The standard InChI is InChI=1S/C16H30N6O2S/c1-5-7-11-22-13(17)12(14(23)19-15(22)24)21(6-2)16(25)18-9-8-10-20(3)4/h5-11,17H2,1-4H3,(H,18,25)(H,19,23,24)/p+1. The Kier molecular flexibility index (Phi) is 8.64. The number of thiocarbonyl (C=S) groups is 1. The Balaban J connectivity index is 3.03. The van der Waals surface area contributed by atoms with E-state index in [1.807, 2.05) is 13.8 Å². The van der Waals surface area contributed by atoms with E-state index < -0.39 is 11.2 Å². The fourth-order valence-electron chi connectivity index (χ4n) is 2.51. The summed E-state index contributed by atoms with van der Waals surface area (Å²) in [6.07, 6.45) is 2.69. The van der Waals surface area contributed by atoms with Gasteiger partial charge in [-0.15, -0.1) is 0 Å². The number of unbranched alkanes of at least 4 members (excludes halogenated alkanes) is 1. The lowest BCUT2D eigenvalue weighted by Crippen LogP contribution is -3.05. The molecule has 0 unspecified atom stereocenters. The Labute approximate surface area is 154 Å². The molecule has 0 atom stereocenters. The van der Waals surface area contributed by atoms with Crippen LogP contribution in [0.25, 0.3) is 0 Å². The van der Waals surface area contributed by atoms with Crippen molar-refractivity contribution >= 4 is 28.8 Å². The van der Waals surface area contributed by atoms with E-state index >= 15 is 0 Å². The molecular formula is C16H31N6O2S+. The van der Waals surface area contributed by atoms with Crippen molar-refractivity contribution in [3.05, 3.63) is 20.8 Å². The number of rotatable bonds is 9. The minimum absolute atomic E-state index is 0.158. The third-order valence-electron chi connectivity index (χ3n) is 3.91. The highest BCUT2D eigenvalue weighted by Crippen LogP contribution is 2.17. The molecule has 5 N–H and O–H groups in total. The Morgan fingerprint density at radius 1 is 1.32 bits per heavy atom. The number of hydrogen-bond donors (Lipinski definition) is 4. The van der Waals surface area contributed by atoms with Gasteiger partial charge in [-0.3, -0.25) is 14.3 Å². The van der Waals surface area contributed by atoms with Crippen LogP contribution in [0.3, 0.4) is 0 Å². The number of nitrogens with one attached hydrogen (secondary N) is 3. The number of hydrogen-bond acceptors (Lipinski definition) is 4. The largest absolute Gasteiger partial charge is 0.383 e. The Bertz CT molecular complexity index is 682. The number of nitrogens with zero attached hydrogens (tertiary/aromatic N) is 2. The van der Waals surface area contributed by atoms with Crippen molar-refractivity contribution in [1.82, 2.24) is 14.9 Å². The van der Waals surface area contributed by atoms with E-state index in [1.165, 1.54) is 9.47 Å². The highest BCUT2D eigenvalue weighted by Gasteiger charge is 2.20. The molecule has 142 valence electrons. The van der Waals surface area contributed by atoms with Gasteiger partial charge in [0.05, 0.1) is 20.6 Å². The number of aromatic amines is 1. The van der Waals surface area contributed by atoms with Crippen LogP contribution in [-0.4, -0.2) is 48.4 Å².